The van der Waals surface area contributed by atoms with Crippen LogP contribution in [-0.4, -0.2) is 22.2 Å². The number of carboxylic acid groups (broad SMARTS) is 1. The molecule has 3 N–H and O–H groups in total. The minimum absolute atomic E-state index is 0.383. The molecule has 0 bridgehead atoms. The molecular weight excluding hydrogens is 232 g/mol. The van der Waals surface area contributed by atoms with Gasteiger partial charge in [-0.3, -0.25) is 4.98 Å². The van der Waals surface area contributed by atoms with Crippen molar-refractivity contribution in [2.45, 2.75) is 19.4 Å². The van der Waals surface area contributed by atoms with Crippen LogP contribution in [0.5, 0.6) is 5.75 Å². The highest BCUT2D eigenvalue weighted by molar-refractivity contribution is 5.94. The Hall–Kier alpha value is -2.30. The lowest BCUT2D eigenvalue weighted by Gasteiger charge is -2.15. The second-order valence-electron chi connectivity index (χ2n) is 3.91. The molecule has 0 aliphatic rings. The van der Waals surface area contributed by atoms with Crippen molar-refractivity contribution < 1.29 is 14.6 Å². The quantitative estimate of drug-likeness (QED) is 0.806. The van der Waals surface area contributed by atoms with Crippen LogP contribution in [0, 0.1) is 0 Å². The molecule has 1 atom stereocenters. The van der Waals surface area contributed by atoms with E-state index in [1.165, 1.54) is 0 Å². The second-order valence-corrected chi connectivity index (χ2v) is 3.91. The number of hydrogen-bond donors (Lipinski definition) is 2. The number of anilines is 1. The van der Waals surface area contributed by atoms with Gasteiger partial charge in [-0.1, -0.05) is 6.92 Å². The first-order valence-corrected chi connectivity index (χ1v) is 5.66. The number of nitrogen functional groups attached to an aromatic ring is 1. The van der Waals surface area contributed by atoms with Crippen molar-refractivity contribution in [2.75, 3.05) is 5.73 Å². The SMILES string of the molecule is CCC(Oc1ccc(N)c2cccnc12)C(=O)O. The van der Waals surface area contributed by atoms with E-state index < -0.39 is 12.1 Å². The molecule has 1 heterocycles. The van der Waals surface area contributed by atoms with Crippen molar-refractivity contribution in [3.63, 3.8) is 0 Å². The molecule has 0 spiro atoms. The molecule has 0 aliphatic heterocycles. The Balaban J connectivity index is 2.45. The van der Waals surface area contributed by atoms with E-state index in [-0.39, 0.29) is 0 Å². The molecule has 1 aromatic heterocycles. The van der Waals surface area contributed by atoms with Crippen molar-refractivity contribution in [1.82, 2.24) is 4.98 Å². The topological polar surface area (TPSA) is 85.4 Å². The molecule has 5 nitrogen and oxygen atoms in total. The second kappa shape index (κ2) is 4.91. The Morgan fingerprint density at radius 2 is 2.28 bits per heavy atom. The maximum Gasteiger partial charge on any atom is 0.344 e. The molecule has 0 saturated heterocycles. The molecule has 94 valence electrons. The summed E-state index contributed by atoms with van der Waals surface area (Å²) in [5.74, 6) is -0.549. The Morgan fingerprint density at radius 1 is 1.50 bits per heavy atom. The molecule has 0 amide bonds. The van der Waals surface area contributed by atoms with Gasteiger partial charge in [-0.05, 0) is 30.7 Å². The zero-order chi connectivity index (χ0) is 13.1. The normalized spacial score (nSPS) is 12.3. The molecule has 1 unspecified atom stereocenters. The fraction of sp³-hybridized carbons (Fsp3) is 0.231. The van der Waals surface area contributed by atoms with Gasteiger partial charge in [0.05, 0.1) is 0 Å². The summed E-state index contributed by atoms with van der Waals surface area (Å²) in [5, 5.41) is 9.75. The number of aromatic nitrogens is 1. The number of carbonyl (C=O) groups is 1. The van der Waals surface area contributed by atoms with Crippen molar-refractivity contribution in [3.05, 3.63) is 30.5 Å². The molecule has 2 rings (SSSR count). The van der Waals surface area contributed by atoms with Gasteiger partial charge < -0.3 is 15.6 Å². The molecule has 2 aromatic rings. The van der Waals surface area contributed by atoms with Crippen molar-refractivity contribution in [1.29, 1.82) is 0 Å². The molecule has 0 radical (unpaired) electrons. The highest BCUT2D eigenvalue weighted by Crippen LogP contribution is 2.29. The van der Waals surface area contributed by atoms with Crippen LogP contribution in [0.25, 0.3) is 10.9 Å². The third-order valence-corrected chi connectivity index (χ3v) is 2.68. The fourth-order valence-electron chi connectivity index (χ4n) is 1.73. The Morgan fingerprint density at radius 3 is 2.94 bits per heavy atom. The van der Waals surface area contributed by atoms with Crippen LogP contribution in [0.2, 0.25) is 0 Å². The van der Waals surface area contributed by atoms with E-state index in [4.69, 9.17) is 15.6 Å². The standard InChI is InChI=1S/C13H14N2O3/c1-2-10(13(16)17)18-11-6-5-9(14)8-4-3-7-15-12(8)11/h3-7,10H,2,14H2,1H3,(H,16,17). The van der Waals surface area contributed by atoms with Gasteiger partial charge in [-0.25, -0.2) is 4.79 Å². The molecule has 0 aliphatic carbocycles. The lowest BCUT2D eigenvalue weighted by Crippen LogP contribution is -2.26. The van der Waals surface area contributed by atoms with Gasteiger partial charge in [-0.2, -0.15) is 0 Å². The number of aliphatic carboxylic acids is 1. The summed E-state index contributed by atoms with van der Waals surface area (Å²) < 4.78 is 5.48. The lowest BCUT2D eigenvalue weighted by atomic mass is 10.1. The number of benzene rings is 1. The average Bonchev–Trinajstić information content (AvgIpc) is 2.38. The van der Waals surface area contributed by atoms with Gasteiger partial charge >= 0.3 is 5.97 Å². The highest BCUT2D eigenvalue weighted by Gasteiger charge is 2.18. The summed E-state index contributed by atoms with van der Waals surface area (Å²) in [5.41, 5.74) is 7.01. The maximum atomic E-state index is 11.0. The summed E-state index contributed by atoms with van der Waals surface area (Å²) in [4.78, 5) is 15.2. The van der Waals surface area contributed by atoms with Crippen LogP contribution in [0.1, 0.15) is 13.3 Å². The Kier molecular flexibility index (Phi) is 3.32. The number of nitrogens with two attached hydrogens (primary N) is 1. The van der Waals surface area contributed by atoms with Gasteiger partial charge in [0.25, 0.3) is 0 Å². The maximum absolute atomic E-state index is 11.0. The van der Waals surface area contributed by atoms with Gasteiger partial charge in [0, 0.05) is 17.3 Å². The van der Waals surface area contributed by atoms with Gasteiger partial charge in [0.2, 0.25) is 0 Å². The van der Waals surface area contributed by atoms with E-state index in [1.807, 2.05) is 6.07 Å². The zero-order valence-electron chi connectivity index (χ0n) is 9.96. The first-order chi connectivity index (χ1) is 8.63. The molecular formula is C13H14N2O3. The average molecular weight is 246 g/mol. The number of hydrogen-bond acceptors (Lipinski definition) is 4. The number of ether oxygens (including phenoxy) is 1. The summed E-state index contributed by atoms with van der Waals surface area (Å²) in [7, 11) is 0. The van der Waals surface area contributed by atoms with E-state index >= 15 is 0 Å². The molecule has 0 saturated carbocycles. The van der Waals surface area contributed by atoms with Crippen LogP contribution < -0.4 is 10.5 Å². The monoisotopic (exact) mass is 246 g/mol. The number of pyridine rings is 1. The van der Waals surface area contributed by atoms with Crippen LogP contribution in [0.15, 0.2) is 30.5 Å². The van der Waals surface area contributed by atoms with Crippen molar-refractivity contribution >= 4 is 22.6 Å². The zero-order valence-corrected chi connectivity index (χ0v) is 9.96. The number of fused-ring (bicyclic) bond motifs is 1. The van der Waals surface area contributed by atoms with E-state index in [0.29, 0.717) is 23.4 Å². The number of carboxylic acids is 1. The summed E-state index contributed by atoms with van der Waals surface area (Å²) in [6.45, 7) is 1.76. The van der Waals surface area contributed by atoms with E-state index in [1.54, 1.807) is 31.3 Å². The van der Waals surface area contributed by atoms with Gasteiger partial charge in [-0.15, -0.1) is 0 Å². The number of rotatable bonds is 4. The molecule has 0 fully saturated rings. The Labute approximate surface area is 104 Å². The van der Waals surface area contributed by atoms with Crippen LogP contribution in [0.4, 0.5) is 5.69 Å². The van der Waals surface area contributed by atoms with Crippen LogP contribution in [-0.2, 0) is 4.79 Å². The van der Waals surface area contributed by atoms with E-state index in [2.05, 4.69) is 4.98 Å². The minimum Gasteiger partial charge on any atom is -0.479 e. The first kappa shape index (κ1) is 12.2. The first-order valence-electron chi connectivity index (χ1n) is 5.66. The summed E-state index contributed by atoms with van der Waals surface area (Å²) in [6, 6.07) is 6.94. The number of nitrogens with zero attached hydrogens (tertiary/aromatic N) is 1. The Bertz CT molecular complexity index is 583. The van der Waals surface area contributed by atoms with E-state index in [9.17, 15) is 4.79 Å². The largest absolute Gasteiger partial charge is 0.479 e. The lowest BCUT2D eigenvalue weighted by molar-refractivity contribution is -0.145. The third-order valence-electron chi connectivity index (χ3n) is 2.68. The van der Waals surface area contributed by atoms with E-state index in [0.717, 1.165) is 5.39 Å². The molecule has 18 heavy (non-hydrogen) atoms. The van der Waals surface area contributed by atoms with Crippen LogP contribution in [0.3, 0.4) is 0 Å². The fourth-order valence-corrected chi connectivity index (χ4v) is 1.73. The van der Waals surface area contributed by atoms with Crippen molar-refractivity contribution in [2.24, 2.45) is 0 Å². The van der Waals surface area contributed by atoms with Crippen molar-refractivity contribution in [3.8, 4) is 5.75 Å². The predicted molar refractivity (Wildman–Crippen MR) is 68.5 cm³/mol. The highest BCUT2D eigenvalue weighted by atomic mass is 16.5. The molecule has 5 heteroatoms. The minimum atomic E-state index is -0.988. The third kappa shape index (κ3) is 2.20. The summed E-state index contributed by atoms with van der Waals surface area (Å²) >= 11 is 0. The predicted octanol–water partition coefficient (Wildman–Crippen LogP) is 2.06. The van der Waals surface area contributed by atoms with Crippen LogP contribution >= 0.6 is 0 Å². The molecule has 1 aromatic carbocycles. The van der Waals surface area contributed by atoms with Gasteiger partial charge in [0.15, 0.2) is 6.10 Å². The smallest absolute Gasteiger partial charge is 0.344 e. The summed E-state index contributed by atoms with van der Waals surface area (Å²) in [6.07, 6.45) is 1.13. The van der Waals surface area contributed by atoms with Gasteiger partial charge in [0.1, 0.15) is 11.3 Å².